The van der Waals surface area contributed by atoms with Crippen molar-refractivity contribution in [3.63, 3.8) is 0 Å². The third-order valence-electron chi connectivity index (χ3n) is 4.51. The Bertz CT molecular complexity index is 1120. The highest BCUT2D eigenvalue weighted by atomic mass is 32.2. The largest absolute Gasteiger partial charge is 0.467 e. The summed E-state index contributed by atoms with van der Waals surface area (Å²) in [6.07, 6.45) is 1.48. The summed E-state index contributed by atoms with van der Waals surface area (Å²) in [7, 11) is 0. The number of hydrogen-bond donors (Lipinski definition) is 2. The van der Waals surface area contributed by atoms with Gasteiger partial charge in [0.25, 0.3) is 0 Å². The van der Waals surface area contributed by atoms with E-state index in [0.717, 1.165) is 11.3 Å². The highest BCUT2D eigenvalue weighted by molar-refractivity contribution is 7.99. The monoisotopic (exact) mass is 440 g/mol. The molecule has 4 rings (SSSR count). The predicted octanol–water partition coefficient (Wildman–Crippen LogP) is 2.53. The Hall–Kier alpha value is -3.60. The molecular formula is C20H20N6O4S. The number of hydrogen-bond acceptors (Lipinski definition) is 8. The second kappa shape index (κ2) is 9.04. The van der Waals surface area contributed by atoms with E-state index in [-0.39, 0.29) is 17.9 Å². The van der Waals surface area contributed by atoms with Crippen LogP contribution in [0.25, 0.3) is 5.69 Å². The smallest absolute Gasteiger partial charge is 0.338 e. The van der Waals surface area contributed by atoms with Crippen LogP contribution in [-0.2, 0) is 9.53 Å². The fourth-order valence-corrected chi connectivity index (χ4v) is 4.04. The third-order valence-corrected chi connectivity index (χ3v) is 5.46. The Kier molecular flexibility index (Phi) is 6.03. The van der Waals surface area contributed by atoms with E-state index in [2.05, 4.69) is 26.2 Å². The van der Waals surface area contributed by atoms with E-state index in [0.29, 0.717) is 16.6 Å². The van der Waals surface area contributed by atoms with Gasteiger partial charge < -0.3 is 19.8 Å². The lowest BCUT2D eigenvalue weighted by Gasteiger charge is -2.27. The van der Waals surface area contributed by atoms with Gasteiger partial charge in [0.05, 0.1) is 24.1 Å². The van der Waals surface area contributed by atoms with Crippen molar-refractivity contribution in [1.82, 2.24) is 30.8 Å². The number of nitrogens with zero attached hydrogens (tertiary/aromatic N) is 4. The van der Waals surface area contributed by atoms with Crippen LogP contribution in [0, 0.1) is 6.92 Å². The van der Waals surface area contributed by atoms with Crippen LogP contribution < -0.4 is 10.6 Å². The zero-order valence-corrected chi connectivity index (χ0v) is 17.7. The van der Waals surface area contributed by atoms with Crippen molar-refractivity contribution in [2.45, 2.75) is 25.0 Å². The average Bonchev–Trinajstić information content (AvgIpc) is 3.44. The van der Waals surface area contributed by atoms with E-state index in [1.807, 2.05) is 31.2 Å². The van der Waals surface area contributed by atoms with Crippen molar-refractivity contribution in [2.24, 2.45) is 0 Å². The van der Waals surface area contributed by atoms with Gasteiger partial charge in [0, 0.05) is 11.4 Å². The van der Waals surface area contributed by atoms with Gasteiger partial charge in [0.2, 0.25) is 5.16 Å². The first-order chi connectivity index (χ1) is 15.1. The van der Waals surface area contributed by atoms with Gasteiger partial charge in [-0.05, 0) is 54.1 Å². The Balaban J connectivity index is 1.65. The number of nitrogens with one attached hydrogen (secondary N) is 2. The minimum Gasteiger partial charge on any atom is -0.467 e. The molecule has 1 aromatic carbocycles. The zero-order valence-electron chi connectivity index (χ0n) is 16.9. The van der Waals surface area contributed by atoms with Crippen LogP contribution in [0.1, 0.15) is 24.3 Å². The van der Waals surface area contributed by atoms with E-state index in [4.69, 9.17) is 9.15 Å². The van der Waals surface area contributed by atoms with Crippen LogP contribution in [0.4, 0.5) is 4.79 Å². The molecule has 0 fully saturated rings. The quantitative estimate of drug-likeness (QED) is 0.424. The van der Waals surface area contributed by atoms with E-state index < -0.39 is 18.0 Å². The number of carbonyl (C=O) groups excluding carboxylic acids is 2. The molecule has 1 atom stereocenters. The number of thioether (sulfide) groups is 1. The topological polar surface area (TPSA) is 124 Å². The molecule has 2 N–H and O–H groups in total. The number of rotatable bonds is 7. The predicted molar refractivity (Wildman–Crippen MR) is 111 cm³/mol. The van der Waals surface area contributed by atoms with Gasteiger partial charge in [-0.3, -0.25) is 0 Å². The second-order valence-electron chi connectivity index (χ2n) is 6.66. The highest BCUT2D eigenvalue weighted by Crippen LogP contribution is 2.30. The first-order valence-corrected chi connectivity index (χ1v) is 10.5. The molecule has 3 heterocycles. The Morgan fingerprint density at radius 1 is 1.32 bits per heavy atom. The molecular weight excluding hydrogens is 420 g/mol. The first-order valence-electron chi connectivity index (χ1n) is 9.56. The number of amides is 2. The van der Waals surface area contributed by atoms with Crippen LogP contribution in [0.3, 0.4) is 0 Å². The molecule has 1 aliphatic heterocycles. The fourth-order valence-electron chi connectivity index (χ4n) is 3.18. The zero-order chi connectivity index (χ0) is 21.8. The summed E-state index contributed by atoms with van der Waals surface area (Å²) in [5.41, 5.74) is 2.57. The van der Waals surface area contributed by atoms with Crippen molar-refractivity contribution in [3.05, 3.63) is 65.3 Å². The Labute approximate surface area is 182 Å². The Morgan fingerprint density at radius 2 is 2.19 bits per heavy atom. The van der Waals surface area contributed by atoms with Gasteiger partial charge in [0.15, 0.2) is 0 Å². The lowest BCUT2D eigenvalue weighted by atomic mass is 10.0. The standard InChI is InChI=1S/C20H20N6O4S/c1-3-29-18(27)16-14(21-19(28)22-17(16)15-8-5-9-30-15)11-31-20-23-24-25-26(20)13-7-4-6-12(2)10-13/h4-10,17H,3,11H2,1-2H3,(H2,21,22,28). The number of aryl methyl sites for hydroxylation is 1. The number of furan rings is 1. The molecule has 0 bridgehead atoms. The molecule has 0 saturated heterocycles. The van der Waals surface area contributed by atoms with Gasteiger partial charge in [0.1, 0.15) is 11.8 Å². The summed E-state index contributed by atoms with van der Waals surface area (Å²) < 4.78 is 12.3. The van der Waals surface area contributed by atoms with E-state index in [1.54, 1.807) is 23.7 Å². The van der Waals surface area contributed by atoms with Gasteiger partial charge in [-0.1, -0.05) is 23.9 Å². The maximum absolute atomic E-state index is 12.7. The molecule has 0 aliphatic carbocycles. The summed E-state index contributed by atoms with van der Waals surface area (Å²) in [5.74, 6) is 0.139. The van der Waals surface area contributed by atoms with Gasteiger partial charge in [-0.2, -0.15) is 4.68 Å². The molecule has 0 saturated carbocycles. The number of esters is 1. The van der Waals surface area contributed by atoms with Crippen LogP contribution in [0.5, 0.6) is 0 Å². The second-order valence-corrected chi connectivity index (χ2v) is 7.60. The van der Waals surface area contributed by atoms with Crippen molar-refractivity contribution in [3.8, 4) is 5.69 Å². The first kappa shape index (κ1) is 20.7. The molecule has 0 spiro atoms. The molecule has 3 aromatic rings. The summed E-state index contributed by atoms with van der Waals surface area (Å²) >= 11 is 1.29. The summed E-state index contributed by atoms with van der Waals surface area (Å²) in [4.78, 5) is 25.0. The van der Waals surface area contributed by atoms with Gasteiger partial charge in [-0.25, -0.2) is 9.59 Å². The van der Waals surface area contributed by atoms with E-state index in [1.165, 1.54) is 18.0 Å². The molecule has 2 aromatic heterocycles. The molecule has 0 radical (unpaired) electrons. The van der Waals surface area contributed by atoms with Crippen molar-refractivity contribution in [1.29, 1.82) is 0 Å². The van der Waals surface area contributed by atoms with Crippen molar-refractivity contribution < 1.29 is 18.7 Å². The molecule has 31 heavy (non-hydrogen) atoms. The fraction of sp³-hybridized carbons (Fsp3) is 0.250. The van der Waals surface area contributed by atoms with Gasteiger partial charge >= 0.3 is 12.0 Å². The van der Waals surface area contributed by atoms with Crippen LogP contribution >= 0.6 is 11.8 Å². The third kappa shape index (κ3) is 4.45. The van der Waals surface area contributed by atoms with Crippen molar-refractivity contribution in [2.75, 3.05) is 12.4 Å². The molecule has 10 nitrogen and oxygen atoms in total. The summed E-state index contributed by atoms with van der Waals surface area (Å²) in [6.45, 7) is 3.91. The summed E-state index contributed by atoms with van der Waals surface area (Å²) in [6, 6.07) is 9.95. The number of urea groups is 1. The minimum atomic E-state index is -0.758. The average molecular weight is 440 g/mol. The number of carbonyl (C=O) groups is 2. The minimum absolute atomic E-state index is 0.202. The number of tetrazole rings is 1. The van der Waals surface area contributed by atoms with Crippen LogP contribution in [0.2, 0.25) is 0 Å². The number of benzene rings is 1. The normalized spacial score (nSPS) is 16.1. The van der Waals surface area contributed by atoms with Crippen LogP contribution in [-0.4, -0.2) is 44.6 Å². The molecule has 11 heteroatoms. The molecule has 1 aliphatic rings. The number of aromatic nitrogens is 4. The van der Waals surface area contributed by atoms with Gasteiger partial charge in [-0.15, -0.1) is 5.10 Å². The van der Waals surface area contributed by atoms with Crippen LogP contribution in [0.15, 0.2) is 63.5 Å². The summed E-state index contributed by atoms with van der Waals surface area (Å²) in [5, 5.41) is 17.9. The molecule has 160 valence electrons. The lowest BCUT2D eigenvalue weighted by Crippen LogP contribution is -2.46. The maximum atomic E-state index is 12.7. The number of ether oxygens (including phenoxy) is 1. The van der Waals surface area contributed by atoms with Crippen molar-refractivity contribution >= 4 is 23.8 Å². The SMILES string of the molecule is CCOC(=O)C1=C(CSc2nnnn2-c2cccc(C)c2)NC(=O)NC1c1ccco1. The highest BCUT2D eigenvalue weighted by Gasteiger charge is 2.35. The van der Waals surface area contributed by atoms with E-state index >= 15 is 0 Å². The van der Waals surface area contributed by atoms with E-state index in [9.17, 15) is 9.59 Å². The molecule has 1 unspecified atom stereocenters. The Morgan fingerprint density at radius 3 is 2.94 bits per heavy atom. The molecule has 2 amide bonds. The lowest BCUT2D eigenvalue weighted by molar-refractivity contribution is -0.139. The maximum Gasteiger partial charge on any atom is 0.338 e.